The van der Waals surface area contributed by atoms with Crippen LogP contribution in [0.4, 0.5) is 5.82 Å². The summed E-state index contributed by atoms with van der Waals surface area (Å²) in [6, 6.07) is 4.95. The van der Waals surface area contributed by atoms with Crippen LogP contribution in [0.5, 0.6) is 0 Å². The first kappa shape index (κ1) is 14.3. The fourth-order valence-corrected chi connectivity index (χ4v) is 2.85. The molecule has 1 saturated heterocycles. The van der Waals surface area contributed by atoms with Crippen molar-refractivity contribution in [2.75, 3.05) is 25.0 Å². The molecule has 2 rings (SSSR count). The summed E-state index contributed by atoms with van der Waals surface area (Å²) < 4.78 is 0. The molecule has 0 spiro atoms. The standard InChI is InChI=1S/C16H27N3/c1-4-9-17-16-8-7-14(11-18-16)15-6-5-10-19(15)12-13(2)3/h7-8,11,13,15H,4-6,9-10,12H2,1-3H3,(H,17,18)/t15-/m1/s1. The summed E-state index contributed by atoms with van der Waals surface area (Å²) in [7, 11) is 0. The van der Waals surface area contributed by atoms with Crippen molar-refractivity contribution < 1.29 is 0 Å². The Morgan fingerprint density at radius 1 is 1.42 bits per heavy atom. The first-order chi connectivity index (χ1) is 9.20. The quantitative estimate of drug-likeness (QED) is 0.846. The number of nitrogens with zero attached hydrogens (tertiary/aromatic N) is 2. The second kappa shape index (κ2) is 6.90. The fourth-order valence-electron chi connectivity index (χ4n) is 2.85. The smallest absolute Gasteiger partial charge is 0.125 e. The lowest BCUT2D eigenvalue weighted by atomic mass is 10.1. The van der Waals surface area contributed by atoms with Crippen molar-refractivity contribution in [3.05, 3.63) is 23.9 Å². The van der Waals surface area contributed by atoms with E-state index in [2.05, 4.69) is 54.3 Å². The number of aromatic nitrogens is 1. The van der Waals surface area contributed by atoms with Gasteiger partial charge < -0.3 is 5.32 Å². The monoisotopic (exact) mass is 261 g/mol. The Hall–Kier alpha value is -1.09. The Morgan fingerprint density at radius 2 is 2.26 bits per heavy atom. The topological polar surface area (TPSA) is 28.2 Å². The summed E-state index contributed by atoms with van der Waals surface area (Å²) in [5.74, 6) is 1.73. The number of hydrogen-bond acceptors (Lipinski definition) is 3. The number of nitrogens with one attached hydrogen (secondary N) is 1. The maximum atomic E-state index is 4.54. The molecular formula is C16H27N3. The van der Waals surface area contributed by atoms with Crippen molar-refractivity contribution in [3.8, 4) is 0 Å². The second-order valence-electron chi connectivity index (χ2n) is 5.95. The minimum atomic E-state index is 0.579. The van der Waals surface area contributed by atoms with E-state index < -0.39 is 0 Å². The number of pyridine rings is 1. The fraction of sp³-hybridized carbons (Fsp3) is 0.688. The highest BCUT2D eigenvalue weighted by atomic mass is 15.2. The Bertz CT molecular complexity index is 372. The predicted molar refractivity (Wildman–Crippen MR) is 81.4 cm³/mol. The third kappa shape index (κ3) is 3.93. The second-order valence-corrected chi connectivity index (χ2v) is 5.95. The van der Waals surface area contributed by atoms with E-state index in [-0.39, 0.29) is 0 Å². The lowest BCUT2D eigenvalue weighted by Gasteiger charge is -2.26. The molecule has 3 heteroatoms. The van der Waals surface area contributed by atoms with Crippen molar-refractivity contribution in [1.82, 2.24) is 9.88 Å². The molecule has 1 aromatic heterocycles. The van der Waals surface area contributed by atoms with E-state index in [1.165, 1.54) is 31.5 Å². The Morgan fingerprint density at radius 3 is 2.89 bits per heavy atom. The number of hydrogen-bond donors (Lipinski definition) is 1. The van der Waals surface area contributed by atoms with Gasteiger partial charge in [-0.25, -0.2) is 4.98 Å². The minimum absolute atomic E-state index is 0.579. The molecule has 0 aliphatic carbocycles. The first-order valence-electron chi connectivity index (χ1n) is 7.64. The van der Waals surface area contributed by atoms with E-state index in [0.29, 0.717) is 6.04 Å². The zero-order valence-electron chi connectivity index (χ0n) is 12.5. The van der Waals surface area contributed by atoms with E-state index in [9.17, 15) is 0 Å². The molecular weight excluding hydrogens is 234 g/mol. The van der Waals surface area contributed by atoms with Gasteiger partial charge in [0.05, 0.1) is 0 Å². The van der Waals surface area contributed by atoms with Crippen LogP contribution < -0.4 is 5.32 Å². The lowest BCUT2D eigenvalue weighted by molar-refractivity contribution is 0.228. The van der Waals surface area contributed by atoms with Crippen LogP contribution in [0.15, 0.2) is 18.3 Å². The van der Waals surface area contributed by atoms with Crippen LogP contribution in [0.3, 0.4) is 0 Å². The summed E-state index contributed by atoms with van der Waals surface area (Å²) in [5.41, 5.74) is 1.38. The average molecular weight is 261 g/mol. The molecule has 1 aliphatic rings. The molecule has 0 bridgehead atoms. The molecule has 0 aromatic carbocycles. The summed E-state index contributed by atoms with van der Waals surface area (Å²) >= 11 is 0. The van der Waals surface area contributed by atoms with Gasteiger partial charge in [-0.05, 0) is 43.4 Å². The number of likely N-dealkylation sites (tertiary alicyclic amines) is 1. The SMILES string of the molecule is CCCNc1ccc([C@H]2CCCN2CC(C)C)cn1. The van der Waals surface area contributed by atoms with E-state index in [1.54, 1.807) is 0 Å². The van der Waals surface area contributed by atoms with Crippen LogP contribution in [-0.2, 0) is 0 Å². The Labute approximate surface area is 117 Å². The Balaban J connectivity index is 2.00. The van der Waals surface area contributed by atoms with Crippen LogP contribution in [0.25, 0.3) is 0 Å². The number of anilines is 1. The highest BCUT2D eigenvalue weighted by Gasteiger charge is 2.26. The first-order valence-corrected chi connectivity index (χ1v) is 7.64. The minimum Gasteiger partial charge on any atom is -0.370 e. The van der Waals surface area contributed by atoms with Gasteiger partial charge in [-0.15, -0.1) is 0 Å². The average Bonchev–Trinajstić information content (AvgIpc) is 2.84. The largest absolute Gasteiger partial charge is 0.370 e. The van der Waals surface area contributed by atoms with Crippen LogP contribution in [0, 0.1) is 5.92 Å². The van der Waals surface area contributed by atoms with Crippen molar-refractivity contribution in [2.24, 2.45) is 5.92 Å². The van der Waals surface area contributed by atoms with Gasteiger partial charge in [-0.3, -0.25) is 4.90 Å². The predicted octanol–water partition coefficient (Wildman–Crippen LogP) is 3.70. The molecule has 0 unspecified atom stereocenters. The molecule has 0 radical (unpaired) electrons. The van der Waals surface area contributed by atoms with E-state index in [1.807, 2.05) is 0 Å². The van der Waals surface area contributed by atoms with Crippen LogP contribution in [-0.4, -0.2) is 29.5 Å². The van der Waals surface area contributed by atoms with Gasteiger partial charge in [0.1, 0.15) is 5.82 Å². The van der Waals surface area contributed by atoms with Gasteiger partial charge in [0, 0.05) is 25.3 Å². The van der Waals surface area contributed by atoms with Crippen molar-refractivity contribution in [1.29, 1.82) is 0 Å². The van der Waals surface area contributed by atoms with E-state index in [4.69, 9.17) is 0 Å². The zero-order chi connectivity index (χ0) is 13.7. The van der Waals surface area contributed by atoms with Crippen LogP contribution in [0.1, 0.15) is 51.6 Å². The summed E-state index contributed by atoms with van der Waals surface area (Å²) in [4.78, 5) is 7.15. The molecule has 1 atom stereocenters. The van der Waals surface area contributed by atoms with Crippen molar-refractivity contribution in [3.63, 3.8) is 0 Å². The van der Waals surface area contributed by atoms with Gasteiger partial charge in [0.2, 0.25) is 0 Å². The normalized spacial score (nSPS) is 20.1. The highest BCUT2D eigenvalue weighted by Crippen LogP contribution is 2.32. The van der Waals surface area contributed by atoms with E-state index in [0.717, 1.165) is 24.7 Å². The summed E-state index contributed by atoms with van der Waals surface area (Å²) in [5, 5.41) is 3.33. The lowest BCUT2D eigenvalue weighted by Crippen LogP contribution is -2.27. The van der Waals surface area contributed by atoms with Gasteiger partial charge in [-0.1, -0.05) is 26.8 Å². The van der Waals surface area contributed by atoms with Crippen molar-refractivity contribution in [2.45, 2.75) is 46.1 Å². The highest BCUT2D eigenvalue weighted by molar-refractivity contribution is 5.36. The van der Waals surface area contributed by atoms with Gasteiger partial charge in [0.15, 0.2) is 0 Å². The molecule has 3 nitrogen and oxygen atoms in total. The molecule has 0 amide bonds. The molecule has 106 valence electrons. The molecule has 1 aromatic rings. The zero-order valence-corrected chi connectivity index (χ0v) is 12.5. The number of rotatable bonds is 6. The maximum Gasteiger partial charge on any atom is 0.125 e. The van der Waals surface area contributed by atoms with E-state index >= 15 is 0 Å². The molecule has 0 saturated carbocycles. The summed E-state index contributed by atoms with van der Waals surface area (Å²) in [6.07, 6.45) is 5.78. The molecule has 1 N–H and O–H groups in total. The maximum absolute atomic E-state index is 4.54. The van der Waals surface area contributed by atoms with Gasteiger partial charge in [-0.2, -0.15) is 0 Å². The molecule has 19 heavy (non-hydrogen) atoms. The van der Waals surface area contributed by atoms with Crippen LogP contribution >= 0.6 is 0 Å². The third-order valence-electron chi connectivity index (χ3n) is 3.69. The Kier molecular flexibility index (Phi) is 5.20. The summed E-state index contributed by atoms with van der Waals surface area (Å²) in [6.45, 7) is 10.2. The molecule has 1 fully saturated rings. The third-order valence-corrected chi connectivity index (χ3v) is 3.69. The van der Waals surface area contributed by atoms with Crippen molar-refractivity contribution >= 4 is 5.82 Å². The molecule has 1 aliphatic heterocycles. The molecule has 2 heterocycles. The van der Waals surface area contributed by atoms with Gasteiger partial charge >= 0.3 is 0 Å². The van der Waals surface area contributed by atoms with Gasteiger partial charge in [0.25, 0.3) is 0 Å². The van der Waals surface area contributed by atoms with Crippen LogP contribution in [0.2, 0.25) is 0 Å².